The van der Waals surface area contributed by atoms with Crippen LogP contribution in [0.2, 0.25) is 0 Å². The van der Waals surface area contributed by atoms with Crippen LogP contribution in [0.1, 0.15) is 0 Å². The molecule has 0 amide bonds. The van der Waals surface area contributed by atoms with Gasteiger partial charge < -0.3 is 5.32 Å². The fraction of sp³-hybridized carbons (Fsp3) is 0.286. The van der Waals surface area contributed by atoms with E-state index in [1.165, 1.54) is 18.3 Å². The highest BCUT2D eigenvalue weighted by Crippen LogP contribution is 2.19. The zero-order valence-corrected chi connectivity index (χ0v) is 7.70. The summed E-state index contributed by atoms with van der Waals surface area (Å²) in [6.07, 6.45) is 1.51. The second kappa shape index (κ2) is 4.66. The van der Waals surface area contributed by atoms with Crippen molar-refractivity contribution in [3.63, 3.8) is 0 Å². The van der Waals surface area contributed by atoms with E-state index in [-0.39, 0.29) is 5.69 Å². The Morgan fingerprint density at radius 2 is 2.46 bits per heavy atom. The lowest BCUT2D eigenvalue weighted by molar-refractivity contribution is -0.384. The van der Waals surface area contributed by atoms with Crippen molar-refractivity contribution < 1.29 is 4.92 Å². The van der Waals surface area contributed by atoms with E-state index in [2.05, 4.69) is 22.9 Å². The number of pyridine rings is 1. The summed E-state index contributed by atoms with van der Waals surface area (Å²) in [6, 6.07) is 2.94. The normalized spacial score (nSPS) is 9.62. The smallest absolute Gasteiger partial charge is 0.311 e. The maximum absolute atomic E-state index is 10.5. The summed E-state index contributed by atoms with van der Waals surface area (Å²) in [5.41, 5.74) is -0.00992. The summed E-state index contributed by atoms with van der Waals surface area (Å²) < 4.78 is 0. The summed E-state index contributed by atoms with van der Waals surface area (Å²) in [5.74, 6) is 0.898. The molecule has 0 aliphatic heterocycles. The third-order valence-corrected chi connectivity index (χ3v) is 1.61. The maximum atomic E-state index is 10.5. The lowest BCUT2D eigenvalue weighted by atomic mass is 10.4. The minimum atomic E-state index is -0.464. The van der Waals surface area contributed by atoms with Crippen LogP contribution in [0.3, 0.4) is 0 Å². The largest absolute Gasteiger partial charge is 0.364 e. The molecule has 6 heteroatoms. The number of rotatable bonds is 4. The molecule has 0 unspecified atom stereocenters. The molecule has 0 atom stereocenters. The molecule has 0 aliphatic carbocycles. The van der Waals surface area contributed by atoms with Gasteiger partial charge in [0.2, 0.25) is 5.82 Å². The van der Waals surface area contributed by atoms with Crippen molar-refractivity contribution in [1.29, 1.82) is 0 Å². The Bertz CT molecular complexity index is 306. The van der Waals surface area contributed by atoms with Gasteiger partial charge in [-0.1, -0.05) is 0 Å². The highest BCUT2D eigenvalue weighted by Gasteiger charge is 2.12. The van der Waals surface area contributed by atoms with E-state index in [0.717, 1.165) is 0 Å². The Morgan fingerprint density at radius 3 is 3.08 bits per heavy atom. The molecule has 0 saturated heterocycles. The van der Waals surface area contributed by atoms with Gasteiger partial charge in [0.15, 0.2) is 0 Å². The van der Waals surface area contributed by atoms with Crippen molar-refractivity contribution in [2.75, 3.05) is 17.6 Å². The van der Waals surface area contributed by atoms with Crippen LogP contribution in [0.25, 0.3) is 0 Å². The van der Waals surface area contributed by atoms with Gasteiger partial charge in [-0.25, -0.2) is 4.98 Å². The molecular formula is C7H9N3O2S. The first-order chi connectivity index (χ1) is 6.25. The van der Waals surface area contributed by atoms with Crippen LogP contribution in [-0.2, 0) is 0 Å². The van der Waals surface area contributed by atoms with Gasteiger partial charge in [0.1, 0.15) is 0 Å². The Labute approximate surface area is 80.7 Å². The summed E-state index contributed by atoms with van der Waals surface area (Å²) in [6.45, 7) is 0.557. The number of aromatic nitrogens is 1. The van der Waals surface area contributed by atoms with Crippen LogP contribution in [-0.4, -0.2) is 22.2 Å². The molecule has 0 saturated carbocycles. The Kier molecular flexibility index (Phi) is 3.51. The lowest BCUT2D eigenvalue weighted by Crippen LogP contribution is -2.06. The third-order valence-electron chi connectivity index (χ3n) is 1.39. The van der Waals surface area contributed by atoms with Crippen LogP contribution in [0.5, 0.6) is 0 Å². The van der Waals surface area contributed by atoms with Gasteiger partial charge >= 0.3 is 5.69 Å². The molecule has 0 aliphatic rings. The molecule has 0 radical (unpaired) electrons. The Balaban J connectivity index is 2.84. The molecule has 1 heterocycles. The summed E-state index contributed by atoms with van der Waals surface area (Å²) >= 11 is 3.98. The quantitative estimate of drug-likeness (QED) is 0.436. The van der Waals surface area contributed by atoms with E-state index in [1.54, 1.807) is 0 Å². The molecule has 0 fully saturated rings. The fourth-order valence-electron chi connectivity index (χ4n) is 0.855. The zero-order valence-electron chi connectivity index (χ0n) is 6.80. The summed E-state index contributed by atoms with van der Waals surface area (Å²) in [5, 5.41) is 13.3. The molecule has 1 rings (SSSR count). The van der Waals surface area contributed by atoms with Crippen LogP contribution < -0.4 is 5.32 Å². The average Bonchev–Trinajstić information content (AvgIpc) is 2.15. The van der Waals surface area contributed by atoms with E-state index in [4.69, 9.17) is 0 Å². The number of anilines is 1. The molecule has 0 aromatic carbocycles. The van der Waals surface area contributed by atoms with Gasteiger partial charge in [-0.3, -0.25) is 10.1 Å². The first-order valence-electron chi connectivity index (χ1n) is 3.70. The Morgan fingerprint density at radius 1 is 1.69 bits per heavy atom. The molecule has 1 N–H and O–H groups in total. The molecule has 5 nitrogen and oxygen atoms in total. The van der Waals surface area contributed by atoms with Gasteiger partial charge in [-0.05, 0) is 6.07 Å². The molecule has 70 valence electrons. The van der Waals surface area contributed by atoms with E-state index in [9.17, 15) is 10.1 Å². The fourth-order valence-corrected chi connectivity index (χ4v) is 0.966. The molecule has 13 heavy (non-hydrogen) atoms. The van der Waals surface area contributed by atoms with Crippen LogP contribution in [0.15, 0.2) is 18.3 Å². The lowest BCUT2D eigenvalue weighted by Gasteiger charge is -2.02. The molecule has 0 spiro atoms. The monoisotopic (exact) mass is 199 g/mol. The van der Waals surface area contributed by atoms with E-state index < -0.39 is 4.92 Å². The van der Waals surface area contributed by atoms with Gasteiger partial charge in [-0.2, -0.15) is 12.6 Å². The van der Waals surface area contributed by atoms with Crippen molar-refractivity contribution in [1.82, 2.24) is 4.98 Å². The zero-order chi connectivity index (χ0) is 9.68. The van der Waals surface area contributed by atoms with E-state index in [0.29, 0.717) is 18.1 Å². The van der Waals surface area contributed by atoms with Crippen molar-refractivity contribution >= 4 is 24.1 Å². The minimum absolute atomic E-state index is 0.00992. The standard InChI is InChI=1S/C7H9N3O2S/c11-10(12)6-2-1-3-8-7(6)9-4-5-13/h1-3,13H,4-5H2,(H,8,9). The third kappa shape index (κ3) is 2.59. The van der Waals surface area contributed by atoms with E-state index in [1.807, 2.05) is 0 Å². The van der Waals surface area contributed by atoms with Gasteiger partial charge in [-0.15, -0.1) is 0 Å². The van der Waals surface area contributed by atoms with Crippen molar-refractivity contribution in [3.05, 3.63) is 28.4 Å². The topological polar surface area (TPSA) is 68.1 Å². The molecular weight excluding hydrogens is 190 g/mol. The van der Waals surface area contributed by atoms with Gasteiger partial charge in [0.25, 0.3) is 0 Å². The number of nitrogens with zero attached hydrogens (tertiary/aromatic N) is 2. The Hall–Kier alpha value is -1.30. The molecule has 1 aromatic rings. The summed E-state index contributed by atoms with van der Waals surface area (Å²) in [4.78, 5) is 13.9. The number of hydrogen-bond acceptors (Lipinski definition) is 5. The van der Waals surface area contributed by atoms with Crippen LogP contribution >= 0.6 is 12.6 Å². The van der Waals surface area contributed by atoms with Crippen molar-refractivity contribution in [3.8, 4) is 0 Å². The predicted octanol–water partition coefficient (Wildman–Crippen LogP) is 1.33. The van der Waals surface area contributed by atoms with Crippen molar-refractivity contribution in [2.45, 2.75) is 0 Å². The first-order valence-corrected chi connectivity index (χ1v) is 4.33. The van der Waals surface area contributed by atoms with Gasteiger partial charge in [0, 0.05) is 24.6 Å². The second-order valence-electron chi connectivity index (χ2n) is 2.28. The maximum Gasteiger partial charge on any atom is 0.311 e. The number of nitrogens with one attached hydrogen (secondary N) is 1. The predicted molar refractivity (Wildman–Crippen MR) is 53.2 cm³/mol. The summed E-state index contributed by atoms with van der Waals surface area (Å²) in [7, 11) is 0. The van der Waals surface area contributed by atoms with Crippen molar-refractivity contribution in [2.24, 2.45) is 0 Å². The van der Waals surface area contributed by atoms with E-state index >= 15 is 0 Å². The highest BCUT2D eigenvalue weighted by molar-refractivity contribution is 7.80. The number of nitro groups is 1. The SMILES string of the molecule is O=[N+]([O-])c1cccnc1NCCS. The van der Waals surface area contributed by atoms with Crippen LogP contribution in [0, 0.1) is 10.1 Å². The molecule has 0 bridgehead atoms. The number of hydrogen-bond donors (Lipinski definition) is 2. The van der Waals surface area contributed by atoms with Crippen LogP contribution in [0.4, 0.5) is 11.5 Å². The minimum Gasteiger partial charge on any atom is -0.364 e. The second-order valence-corrected chi connectivity index (χ2v) is 2.73. The van der Waals surface area contributed by atoms with Gasteiger partial charge in [0.05, 0.1) is 4.92 Å². The number of thiol groups is 1. The average molecular weight is 199 g/mol. The first kappa shape index (κ1) is 9.79. The molecule has 1 aromatic heterocycles. The highest BCUT2D eigenvalue weighted by atomic mass is 32.1.